The Morgan fingerprint density at radius 3 is 2.75 bits per heavy atom. The average molecular weight is 542 g/mol. The highest BCUT2D eigenvalue weighted by atomic mass is 19.1. The molecule has 2 aliphatic rings. The summed E-state index contributed by atoms with van der Waals surface area (Å²) in [5.74, 6) is -1.13. The van der Waals surface area contributed by atoms with Crippen LogP contribution in [0.25, 0.3) is 44.1 Å². The largest absolute Gasteiger partial charge is 0.477 e. The Kier molecular flexibility index (Phi) is 5.36. The van der Waals surface area contributed by atoms with Gasteiger partial charge in [-0.25, -0.2) is 19.2 Å². The fraction of sp³-hybridized carbons (Fsp3) is 0.310. The number of nitrogens with zero attached hydrogens (tertiary/aromatic N) is 5. The molecule has 2 aliphatic heterocycles. The second kappa shape index (κ2) is 8.75. The summed E-state index contributed by atoms with van der Waals surface area (Å²) in [4.78, 5) is 42.4. The summed E-state index contributed by atoms with van der Waals surface area (Å²) < 4.78 is 16.4. The third-order valence-corrected chi connectivity index (χ3v) is 8.51. The van der Waals surface area contributed by atoms with E-state index in [-0.39, 0.29) is 22.8 Å². The lowest BCUT2D eigenvalue weighted by Crippen LogP contribution is -2.35. The summed E-state index contributed by atoms with van der Waals surface area (Å²) in [6.45, 7) is 2.76. The number of fused-ring (bicyclic) bond motifs is 5. The van der Waals surface area contributed by atoms with Gasteiger partial charge in [0.25, 0.3) is 0 Å². The Morgan fingerprint density at radius 1 is 1.15 bits per heavy atom. The van der Waals surface area contributed by atoms with Crippen molar-refractivity contribution in [2.75, 3.05) is 43.9 Å². The normalized spacial score (nSPS) is 19.2. The van der Waals surface area contributed by atoms with Gasteiger partial charge in [-0.2, -0.15) is 0 Å². The second-order valence-corrected chi connectivity index (χ2v) is 10.9. The minimum Gasteiger partial charge on any atom is -0.477 e. The number of carboxylic acids is 1. The van der Waals surface area contributed by atoms with Gasteiger partial charge in [-0.05, 0) is 37.6 Å². The molecule has 0 aliphatic carbocycles. The van der Waals surface area contributed by atoms with Gasteiger partial charge in [-0.1, -0.05) is 0 Å². The molecule has 2 saturated heterocycles. The van der Waals surface area contributed by atoms with E-state index in [1.165, 1.54) is 18.3 Å². The van der Waals surface area contributed by atoms with E-state index >= 15 is 0 Å². The number of aromatic carboxylic acids is 1. The van der Waals surface area contributed by atoms with Crippen molar-refractivity contribution in [2.45, 2.75) is 12.5 Å². The van der Waals surface area contributed by atoms with Crippen molar-refractivity contribution in [3.8, 4) is 11.1 Å². The number of pyridine rings is 3. The van der Waals surface area contributed by atoms with Crippen LogP contribution >= 0.6 is 0 Å². The van der Waals surface area contributed by atoms with Crippen molar-refractivity contribution < 1.29 is 14.3 Å². The summed E-state index contributed by atoms with van der Waals surface area (Å²) in [7, 11) is 5.55. The van der Waals surface area contributed by atoms with Gasteiger partial charge in [0.2, 0.25) is 5.43 Å². The standard InChI is InChI=1S/C29H28FN7O3/c1-31-21-8-16(30)7-17-23-25(37-5-4-14-11-35(2)13-22(14)37)19(10-32-27(23)34-24(17)21)15-6-18-26(38)20(29(39)40)12-36(3)28(18)33-9-15/h6-10,12,14,22,31H,4-5,11,13H2,1-3H3,(H,32,34)(H,39,40)/t14?,22-/m1/s1. The summed E-state index contributed by atoms with van der Waals surface area (Å²) in [6.07, 6.45) is 5.79. The van der Waals surface area contributed by atoms with Gasteiger partial charge >= 0.3 is 5.97 Å². The number of nitrogens with one attached hydrogen (secondary N) is 2. The number of aromatic nitrogens is 4. The molecule has 204 valence electrons. The van der Waals surface area contributed by atoms with Crippen molar-refractivity contribution in [3.63, 3.8) is 0 Å². The number of carboxylic acid groups (broad SMARTS) is 1. The molecule has 4 aromatic heterocycles. The molecular weight excluding hydrogens is 513 g/mol. The van der Waals surface area contributed by atoms with Crippen LogP contribution in [-0.2, 0) is 7.05 Å². The van der Waals surface area contributed by atoms with Crippen LogP contribution in [0.3, 0.4) is 0 Å². The SMILES string of the molecule is CNc1cc(F)cc2c1[nH]c1ncc(-c3cnc4c(c3)c(=O)c(C(=O)O)cn4C)c(N3CCC4CN(C)C[C@H]43)c12. The average Bonchev–Trinajstić information content (AvgIpc) is 3.61. The van der Waals surface area contributed by atoms with Crippen LogP contribution in [-0.4, -0.2) is 75.3 Å². The third-order valence-electron chi connectivity index (χ3n) is 8.51. The van der Waals surface area contributed by atoms with Crippen LogP contribution in [0.2, 0.25) is 0 Å². The molecule has 2 fully saturated rings. The zero-order valence-corrected chi connectivity index (χ0v) is 22.3. The molecule has 0 bridgehead atoms. The smallest absolute Gasteiger partial charge is 0.341 e. The molecule has 3 N–H and O–H groups in total. The lowest BCUT2D eigenvalue weighted by atomic mass is 9.99. The Balaban J connectivity index is 1.55. The lowest BCUT2D eigenvalue weighted by molar-refractivity contribution is 0.0695. The number of likely N-dealkylation sites (tertiary alicyclic amines) is 1. The Morgan fingerprint density at radius 2 is 1.98 bits per heavy atom. The molecule has 6 heterocycles. The number of hydrogen-bond acceptors (Lipinski definition) is 7. The highest BCUT2D eigenvalue weighted by molar-refractivity contribution is 6.18. The molecule has 10 nitrogen and oxygen atoms in total. The molecule has 0 spiro atoms. The zero-order valence-electron chi connectivity index (χ0n) is 22.3. The van der Waals surface area contributed by atoms with Crippen molar-refractivity contribution in [1.29, 1.82) is 0 Å². The number of anilines is 2. The molecule has 2 atom stereocenters. The van der Waals surface area contributed by atoms with Crippen LogP contribution in [0.1, 0.15) is 16.8 Å². The van der Waals surface area contributed by atoms with Crippen LogP contribution in [0.5, 0.6) is 0 Å². The van der Waals surface area contributed by atoms with E-state index in [0.717, 1.165) is 53.6 Å². The Labute approximate surface area is 228 Å². The molecule has 0 saturated carbocycles. The number of likely N-dealkylation sites (N-methyl/N-ethyl adjacent to an activating group) is 1. The Bertz CT molecular complexity index is 1930. The number of rotatable bonds is 4. The monoisotopic (exact) mass is 541 g/mol. The first kappa shape index (κ1) is 24.5. The first-order valence-electron chi connectivity index (χ1n) is 13.2. The summed E-state index contributed by atoms with van der Waals surface area (Å²) in [5.41, 5.74) is 3.85. The highest BCUT2D eigenvalue weighted by Gasteiger charge is 2.41. The topological polar surface area (TPSA) is 119 Å². The minimum atomic E-state index is -1.29. The molecule has 7 rings (SSSR count). The highest BCUT2D eigenvalue weighted by Crippen LogP contribution is 2.46. The van der Waals surface area contributed by atoms with Gasteiger partial charge < -0.3 is 29.8 Å². The molecule has 0 radical (unpaired) electrons. The van der Waals surface area contributed by atoms with E-state index < -0.39 is 11.4 Å². The van der Waals surface area contributed by atoms with Gasteiger partial charge in [0.05, 0.1) is 27.7 Å². The van der Waals surface area contributed by atoms with E-state index in [1.807, 2.05) is 0 Å². The van der Waals surface area contributed by atoms with E-state index in [4.69, 9.17) is 4.98 Å². The molecule has 1 aromatic carbocycles. The van der Waals surface area contributed by atoms with Crippen molar-refractivity contribution in [1.82, 2.24) is 24.4 Å². The predicted molar refractivity (Wildman–Crippen MR) is 153 cm³/mol. The molecule has 0 amide bonds. The first-order valence-corrected chi connectivity index (χ1v) is 13.2. The van der Waals surface area contributed by atoms with Gasteiger partial charge in [0, 0.05) is 74.9 Å². The van der Waals surface area contributed by atoms with Crippen LogP contribution in [0.4, 0.5) is 15.8 Å². The lowest BCUT2D eigenvalue weighted by Gasteiger charge is -2.29. The van der Waals surface area contributed by atoms with Crippen molar-refractivity contribution >= 4 is 50.3 Å². The fourth-order valence-corrected chi connectivity index (χ4v) is 6.73. The maximum absolute atomic E-state index is 14.9. The van der Waals surface area contributed by atoms with Crippen molar-refractivity contribution in [2.24, 2.45) is 13.0 Å². The molecule has 11 heteroatoms. The molecule has 40 heavy (non-hydrogen) atoms. The molecular formula is C29H28FN7O3. The van der Waals surface area contributed by atoms with Gasteiger partial charge in [0.15, 0.2) is 0 Å². The summed E-state index contributed by atoms with van der Waals surface area (Å²) in [5, 5.41) is 14.4. The number of H-pyrrole nitrogens is 1. The van der Waals surface area contributed by atoms with E-state index in [1.54, 1.807) is 37.1 Å². The van der Waals surface area contributed by atoms with Crippen LogP contribution in [0.15, 0.2) is 41.6 Å². The van der Waals surface area contributed by atoms with Crippen LogP contribution in [0, 0.1) is 11.7 Å². The maximum Gasteiger partial charge on any atom is 0.341 e. The van der Waals surface area contributed by atoms with E-state index in [9.17, 15) is 19.1 Å². The van der Waals surface area contributed by atoms with Gasteiger partial charge in [-0.3, -0.25) is 4.79 Å². The quantitative estimate of drug-likeness (QED) is 0.316. The maximum atomic E-state index is 14.9. The Hall–Kier alpha value is -4.51. The summed E-state index contributed by atoms with van der Waals surface area (Å²) in [6, 6.07) is 4.97. The number of aromatic amines is 1. The minimum absolute atomic E-state index is 0.216. The van der Waals surface area contributed by atoms with Gasteiger partial charge in [-0.15, -0.1) is 0 Å². The zero-order chi connectivity index (χ0) is 27.9. The summed E-state index contributed by atoms with van der Waals surface area (Å²) >= 11 is 0. The van der Waals surface area contributed by atoms with E-state index in [2.05, 4.69) is 32.1 Å². The van der Waals surface area contributed by atoms with Gasteiger partial charge in [0.1, 0.15) is 22.7 Å². The number of benzene rings is 1. The third kappa shape index (κ3) is 3.50. The number of hydrogen-bond donors (Lipinski definition) is 3. The van der Waals surface area contributed by atoms with Crippen molar-refractivity contribution in [3.05, 3.63) is 58.4 Å². The number of halogens is 1. The number of carbonyl (C=O) groups is 1. The molecule has 5 aromatic rings. The predicted octanol–water partition coefficient (Wildman–Crippen LogP) is 3.65. The number of aryl methyl sites for hydroxylation is 1. The first-order chi connectivity index (χ1) is 19.2. The molecule has 1 unspecified atom stereocenters. The van der Waals surface area contributed by atoms with Crippen LogP contribution < -0.4 is 15.6 Å². The fourth-order valence-electron chi connectivity index (χ4n) is 6.73. The second-order valence-electron chi connectivity index (χ2n) is 10.9. The van der Waals surface area contributed by atoms with E-state index in [0.29, 0.717) is 28.5 Å².